The number of hydrogen-bond acceptors (Lipinski definition) is 3. The lowest BCUT2D eigenvalue weighted by Crippen LogP contribution is -2.20. The Balaban J connectivity index is 3.02. The van der Waals surface area contributed by atoms with E-state index in [0.29, 0.717) is 11.3 Å². The van der Waals surface area contributed by atoms with Crippen LogP contribution in [0.4, 0.5) is 11.4 Å². The molecule has 1 aromatic carbocycles. The van der Waals surface area contributed by atoms with Gasteiger partial charge < -0.3 is 5.32 Å². The number of carbonyl (C=O) groups excluding carboxylic acids is 1. The lowest BCUT2D eigenvalue weighted by Gasteiger charge is -2.09. The van der Waals surface area contributed by atoms with Gasteiger partial charge in [-0.2, -0.15) is 0 Å². The first-order chi connectivity index (χ1) is 7.43. The average molecular weight is 243 g/mol. The van der Waals surface area contributed by atoms with Crippen LogP contribution in [-0.4, -0.2) is 16.2 Å². The van der Waals surface area contributed by atoms with Crippen molar-refractivity contribution < 1.29 is 9.72 Å². The Hall–Kier alpha value is -1.62. The van der Waals surface area contributed by atoms with Crippen molar-refractivity contribution in [3.63, 3.8) is 0 Å². The van der Waals surface area contributed by atoms with Crippen molar-refractivity contribution in [1.82, 2.24) is 0 Å². The number of alkyl halides is 1. The summed E-state index contributed by atoms with van der Waals surface area (Å²) in [6.07, 6.45) is 0. The highest BCUT2D eigenvalue weighted by atomic mass is 35.5. The number of nitrogens with one attached hydrogen (secondary N) is 1. The fraction of sp³-hybridized carbons (Fsp3) is 0.300. The number of carbonyl (C=O) groups is 1. The molecule has 0 fully saturated rings. The molecule has 1 rings (SSSR count). The maximum Gasteiger partial charge on any atom is 0.274 e. The summed E-state index contributed by atoms with van der Waals surface area (Å²) in [4.78, 5) is 21.5. The van der Waals surface area contributed by atoms with Gasteiger partial charge in [-0.3, -0.25) is 14.9 Å². The smallest absolute Gasteiger partial charge is 0.274 e. The van der Waals surface area contributed by atoms with E-state index in [1.165, 1.54) is 19.1 Å². The maximum absolute atomic E-state index is 11.3. The predicted molar refractivity (Wildman–Crippen MR) is 61.8 cm³/mol. The van der Waals surface area contributed by atoms with E-state index in [-0.39, 0.29) is 11.6 Å². The van der Waals surface area contributed by atoms with Gasteiger partial charge in [0.15, 0.2) is 0 Å². The molecule has 16 heavy (non-hydrogen) atoms. The number of nitrogens with zero attached hydrogens (tertiary/aromatic N) is 1. The molecule has 0 aliphatic rings. The Morgan fingerprint density at radius 1 is 1.56 bits per heavy atom. The number of nitro benzene ring substituents is 1. The van der Waals surface area contributed by atoms with Gasteiger partial charge in [-0.25, -0.2) is 0 Å². The van der Waals surface area contributed by atoms with Crippen molar-refractivity contribution in [3.05, 3.63) is 33.9 Å². The van der Waals surface area contributed by atoms with Gasteiger partial charge in [0, 0.05) is 6.07 Å². The van der Waals surface area contributed by atoms with Crippen LogP contribution in [0.2, 0.25) is 0 Å². The zero-order chi connectivity index (χ0) is 12.3. The van der Waals surface area contributed by atoms with E-state index in [9.17, 15) is 14.9 Å². The molecule has 0 aromatic heterocycles. The van der Waals surface area contributed by atoms with Crippen LogP contribution in [0.1, 0.15) is 12.5 Å². The van der Waals surface area contributed by atoms with E-state index >= 15 is 0 Å². The Labute approximate surface area is 97.6 Å². The molecule has 0 aliphatic carbocycles. The zero-order valence-corrected chi connectivity index (χ0v) is 9.62. The minimum Gasteiger partial charge on any atom is -0.324 e. The third-order valence-electron chi connectivity index (χ3n) is 2.12. The summed E-state index contributed by atoms with van der Waals surface area (Å²) in [6.45, 7) is 3.11. The van der Waals surface area contributed by atoms with Crippen molar-refractivity contribution in [1.29, 1.82) is 0 Å². The van der Waals surface area contributed by atoms with Gasteiger partial charge in [0.1, 0.15) is 5.38 Å². The third-order valence-corrected chi connectivity index (χ3v) is 2.32. The van der Waals surface area contributed by atoms with Crippen molar-refractivity contribution in [2.75, 3.05) is 5.32 Å². The number of nitro groups is 1. The topological polar surface area (TPSA) is 72.2 Å². The quantitative estimate of drug-likeness (QED) is 0.503. The monoisotopic (exact) mass is 242 g/mol. The van der Waals surface area contributed by atoms with E-state index in [2.05, 4.69) is 5.32 Å². The molecule has 0 spiro atoms. The molecule has 1 N–H and O–H groups in total. The highest BCUT2D eigenvalue weighted by Gasteiger charge is 2.16. The number of anilines is 1. The van der Waals surface area contributed by atoms with Crippen molar-refractivity contribution >= 4 is 28.9 Å². The van der Waals surface area contributed by atoms with Crippen LogP contribution in [0.3, 0.4) is 0 Å². The van der Waals surface area contributed by atoms with Gasteiger partial charge in [0.25, 0.3) is 5.69 Å². The number of hydrogen-bond donors (Lipinski definition) is 1. The first kappa shape index (κ1) is 12.4. The molecular weight excluding hydrogens is 232 g/mol. The lowest BCUT2D eigenvalue weighted by atomic mass is 10.1. The van der Waals surface area contributed by atoms with Gasteiger partial charge in [-0.05, 0) is 19.9 Å². The lowest BCUT2D eigenvalue weighted by molar-refractivity contribution is -0.385. The Bertz CT molecular complexity index is 432. The first-order valence-corrected chi connectivity index (χ1v) is 5.06. The van der Waals surface area contributed by atoms with Gasteiger partial charge in [0.2, 0.25) is 5.91 Å². The normalized spacial score (nSPS) is 11.9. The van der Waals surface area contributed by atoms with Gasteiger partial charge in [-0.1, -0.05) is 6.07 Å². The second kappa shape index (κ2) is 4.94. The van der Waals surface area contributed by atoms with Crippen LogP contribution in [0, 0.1) is 17.0 Å². The molecule has 0 bridgehead atoms. The van der Waals surface area contributed by atoms with Crippen LogP contribution in [0.25, 0.3) is 0 Å². The standard InChI is InChI=1S/C10H11ClN2O3/c1-6-8(12-10(14)7(2)11)4-3-5-9(6)13(15)16/h3-5,7H,1-2H3,(H,12,14)/t7-/m1/s1. The Kier molecular flexibility index (Phi) is 3.84. The Morgan fingerprint density at radius 3 is 2.69 bits per heavy atom. The van der Waals surface area contributed by atoms with Crippen LogP contribution in [0.5, 0.6) is 0 Å². The number of halogens is 1. The molecule has 0 saturated carbocycles. The van der Waals surface area contributed by atoms with Gasteiger partial charge in [0.05, 0.1) is 16.2 Å². The number of amides is 1. The molecule has 0 unspecified atom stereocenters. The van der Waals surface area contributed by atoms with Crippen LogP contribution in [-0.2, 0) is 4.79 Å². The molecule has 1 aromatic rings. The third kappa shape index (κ3) is 2.70. The molecule has 0 aliphatic heterocycles. The fourth-order valence-electron chi connectivity index (χ4n) is 1.19. The van der Waals surface area contributed by atoms with Crippen LogP contribution < -0.4 is 5.32 Å². The summed E-state index contributed by atoms with van der Waals surface area (Å²) < 4.78 is 0. The zero-order valence-electron chi connectivity index (χ0n) is 8.86. The predicted octanol–water partition coefficient (Wildman–Crippen LogP) is 2.47. The highest BCUT2D eigenvalue weighted by Crippen LogP contribution is 2.25. The summed E-state index contributed by atoms with van der Waals surface area (Å²) in [6, 6.07) is 4.49. The second-order valence-corrected chi connectivity index (χ2v) is 3.97. The van der Waals surface area contributed by atoms with E-state index in [0.717, 1.165) is 0 Å². The fourth-order valence-corrected chi connectivity index (χ4v) is 1.24. The minimum atomic E-state index is -0.682. The molecular formula is C10H11ClN2O3. The van der Waals surface area contributed by atoms with Gasteiger partial charge >= 0.3 is 0 Å². The second-order valence-electron chi connectivity index (χ2n) is 3.31. The van der Waals surface area contributed by atoms with E-state index < -0.39 is 10.3 Å². The van der Waals surface area contributed by atoms with Crippen molar-refractivity contribution in [2.45, 2.75) is 19.2 Å². The van der Waals surface area contributed by atoms with E-state index in [4.69, 9.17) is 11.6 Å². The van der Waals surface area contributed by atoms with Crippen LogP contribution in [0.15, 0.2) is 18.2 Å². The van der Waals surface area contributed by atoms with Crippen molar-refractivity contribution in [2.24, 2.45) is 0 Å². The molecule has 6 heteroatoms. The molecule has 86 valence electrons. The minimum absolute atomic E-state index is 0.0278. The summed E-state index contributed by atoms with van der Waals surface area (Å²) in [7, 11) is 0. The molecule has 0 saturated heterocycles. The van der Waals surface area contributed by atoms with E-state index in [1.54, 1.807) is 13.0 Å². The molecule has 1 amide bonds. The average Bonchev–Trinajstić information content (AvgIpc) is 2.20. The van der Waals surface area contributed by atoms with Crippen molar-refractivity contribution in [3.8, 4) is 0 Å². The molecule has 0 heterocycles. The van der Waals surface area contributed by atoms with Gasteiger partial charge in [-0.15, -0.1) is 11.6 Å². The summed E-state index contributed by atoms with van der Waals surface area (Å²) >= 11 is 5.59. The summed E-state index contributed by atoms with van der Waals surface area (Å²) in [5.41, 5.74) is 0.796. The van der Waals surface area contributed by atoms with Crippen LogP contribution >= 0.6 is 11.6 Å². The Morgan fingerprint density at radius 2 is 2.19 bits per heavy atom. The maximum atomic E-state index is 11.3. The molecule has 5 nitrogen and oxygen atoms in total. The number of benzene rings is 1. The highest BCUT2D eigenvalue weighted by molar-refractivity contribution is 6.32. The number of rotatable bonds is 3. The molecule has 1 atom stereocenters. The SMILES string of the molecule is Cc1c(NC(=O)[C@@H](C)Cl)cccc1[N+](=O)[O-]. The summed E-state index contributed by atoms with van der Waals surface area (Å²) in [5, 5.41) is 12.5. The largest absolute Gasteiger partial charge is 0.324 e. The molecule has 0 radical (unpaired) electrons. The van der Waals surface area contributed by atoms with E-state index in [1.807, 2.05) is 0 Å². The first-order valence-electron chi connectivity index (χ1n) is 4.62. The summed E-state index contributed by atoms with van der Waals surface area (Å²) in [5.74, 6) is -0.384.